The Morgan fingerprint density at radius 2 is 1.79 bits per heavy atom. The molecule has 2 aromatic carbocycles. The van der Waals surface area contributed by atoms with E-state index in [4.69, 9.17) is 5.11 Å². The third-order valence-electron chi connectivity index (χ3n) is 3.00. The number of hydrogen-bond donors (Lipinski definition) is 1. The molecular weight excluding hydrogens is 242 g/mol. The number of hydrogen-bond acceptors (Lipinski definition) is 2. The number of carbonyl (C=O) groups excluding carboxylic acids is 1. The molecule has 4 heteroatoms. The second kappa shape index (κ2) is 5.52. The second-order valence-electron chi connectivity index (χ2n) is 4.43. The second-order valence-corrected chi connectivity index (χ2v) is 4.43. The first-order chi connectivity index (χ1) is 9.08. The van der Waals surface area contributed by atoms with Crippen molar-refractivity contribution in [3.05, 3.63) is 48.0 Å². The van der Waals surface area contributed by atoms with Gasteiger partial charge in [0.05, 0.1) is 6.42 Å². The van der Waals surface area contributed by atoms with Crippen LogP contribution in [0.3, 0.4) is 0 Å². The summed E-state index contributed by atoms with van der Waals surface area (Å²) in [5.74, 6) is -1.06. The average Bonchev–Trinajstić information content (AvgIpc) is 2.43. The van der Waals surface area contributed by atoms with Gasteiger partial charge in [-0.25, -0.2) is 0 Å². The van der Waals surface area contributed by atoms with Crippen molar-refractivity contribution in [1.29, 1.82) is 0 Å². The van der Waals surface area contributed by atoms with Crippen molar-refractivity contribution in [2.75, 3.05) is 13.6 Å². The lowest BCUT2D eigenvalue weighted by Crippen LogP contribution is -2.28. The normalized spacial score (nSPS) is 10.4. The molecule has 0 bridgehead atoms. The summed E-state index contributed by atoms with van der Waals surface area (Å²) in [6, 6.07) is 13.3. The molecule has 98 valence electrons. The number of aliphatic carboxylic acids is 1. The molecule has 0 radical (unpaired) electrons. The number of carbonyl (C=O) groups is 2. The van der Waals surface area contributed by atoms with Crippen LogP contribution >= 0.6 is 0 Å². The molecule has 19 heavy (non-hydrogen) atoms. The summed E-state index contributed by atoms with van der Waals surface area (Å²) >= 11 is 0. The number of rotatable bonds is 4. The third kappa shape index (κ3) is 3.10. The first kappa shape index (κ1) is 13.1. The highest BCUT2D eigenvalue weighted by atomic mass is 16.4. The van der Waals surface area contributed by atoms with Gasteiger partial charge in [-0.15, -0.1) is 0 Å². The van der Waals surface area contributed by atoms with Crippen molar-refractivity contribution in [3.8, 4) is 0 Å². The number of fused-ring (bicyclic) bond motifs is 1. The van der Waals surface area contributed by atoms with E-state index < -0.39 is 5.97 Å². The highest BCUT2D eigenvalue weighted by Gasteiger charge is 2.12. The lowest BCUT2D eigenvalue weighted by atomic mass is 10.1. The smallest absolute Gasteiger partial charge is 0.305 e. The number of benzene rings is 2. The Kier molecular flexibility index (Phi) is 3.80. The van der Waals surface area contributed by atoms with Crippen LogP contribution < -0.4 is 0 Å². The Bertz CT molecular complexity index is 622. The van der Waals surface area contributed by atoms with Gasteiger partial charge in [-0.05, 0) is 22.9 Å². The maximum Gasteiger partial charge on any atom is 0.305 e. The van der Waals surface area contributed by atoms with Gasteiger partial charge in [0.15, 0.2) is 0 Å². The molecule has 0 aromatic heterocycles. The topological polar surface area (TPSA) is 57.6 Å². The van der Waals surface area contributed by atoms with Crippen LogP contribution in [-0.4, -0.2) is 35.5 Å². The van der Waals surface area contributed by atoms with Gasteiger partial charge in [0.2, 0.25) is 0 Å². The lowest BCUT2D eigenvalue weighted by Gasteiger charge is -2.16. The van der Waals surface area contributed by atoms with Crippen LogP contribution in [0.2, 0.25) is 0 Å². The van der Waals surface area contributed by atoms with Crippen molar-refractivity contribution in [2.45, 2.75) is 6.42 Å². The van der Waals surface area contributed by atoms with Gasteiger partial charge in [0, 0.05) is 19.2 Å². The first-order valence-electron chi connectivity index (χ1n) is 6.04. The molecule has 4 nitrogen and oxygen atoms in total. The van der Waals surface area contributed by atoms with Gasteiger partial charge >= 0.3 is 5.97 Å². The van der Waals surface area contributed by atoms with E-state index >= 15 is 0 Å². The van der Waals surface area contributed by atoms with E-state index in [1.54, 1.807) is 13.1 Å². The molecule has 0 aliphatic carbocycles. The number of nitrogens with zero attached hydrogens (tertiary/aromatic N) is 1. The molecule has 2 rings (SSSR count). The molecule has 0 saturated carbocycles. The Balaban J connectivity index is 2.19. The highest BCUT2D eigenvalue weighted by molar-refractivity contribution is 5.98. The maximum atomic E-state index is 12.1. The van der Waals surface area contributed by atoms with Gasteiger partial charge in [0.25, 0.3) is 5.91 Å². The fraction of sp³-hybridized carbons (Fsp3) is 0.200. The van der Waals surface area contributed by atoms with Gasteiger partial charge in [0.1, 0.15) is 0 Å². The van der Waals surface area contributed by atoms with Gasteiger partial charge in [-0.3, -0.25) is 9.59 Å². The summed E-state index contributed by atoms with van der Waals surface area (Å²) < 4.78 is 0. The van der Waals surface area contributed by atoms with Gasteiger partial charge < -0.3 is 10.0 Å². The summed E-state index contributed by atoms with van der Waals surface area (Å²) in [5.41, 5.74) is 0.576. The molecule has 0 unspecified atom stereocenters. The van der Waals surface area contributed by atoms with Crippen LogP contribution in [-0.2, 0) is 4.79 Å². The predicted molar refractivity (Wildman–Crippen MR) is 73.2 cm³/mol. The molecule has 0 heterocycles. The fourth-order valence-corrected chi connectivity index (χ4v) is 1.91. The summed E-state index contributed by atoms with van der Waals surface area (Å²) in [7, 11) is 1.61. The maximum absolute atomic E-state index is 12.1. The quantitative estimate of drug-likeness (QED) is 0.914. The number of carboxylic acid groups (broad SMARTS) is 1. The highest BCUT2D eigenvalue weighted by Crippen LogP contribution is 2.16. The van der Waals surface area contributed by atoms with Crippen LogP contribution in [0, 0.1) is 0 Å². The van der Waals surface area contributed by atoms with Gasteiger partial charge in [-0.2, -0.15) is 0 Å². The molecule has 0 atom stereocenters. The first-order valence-corrected chi connectivity index (χ1v) is 6.04. The molecular formula is C15H15NO3. The van der Waals surface area contributed by atoms with Crippen molar-refractivity contribution >= 4 is 22.6 Å². The van der Waals surface area contributed by atoms with Crippen molar-refractivity contribution in [1.82, 2.24) is 4.90 Å². The SMILES string of the molecule is CN(CCC(=O)O)C(=O)c1ccc2ccccc2c1. The predicted octanol–water partition coefficient (Wildman–Crippen LogP) is 2.39. The van der Waals surface area contributed by atoms with Crippen molar-refractivity contribution in [2.24, 2.45) is 0 Å². The lowest BCUT2D eigenvalue weighted by molar-refractivity contribution is -0.137. The average molecular weight is 257 g/mol. The molecule has 0 fully saturated rings. The van der Waals surface area contributed by atoms with Crippen LogP contribution in [0.4, 0.5) is 0 Å². The van der Waals surface area contributed by atoms with E-state index in [1.807, 2.05) is 36.4 Å². The van der Waals surface area contributed by atoms with E-state index in [-0.39, 0.29) is 18.9 Å². The largest absolute Gasteiger partial charge is 0.481 e. The zero-order valence-corrected chi connectivity index (χ0v) is 10.7. The van der Waals surface area contributed by atoms with E-state index in [0.29, 0.717) is 5.56 Å². The van der Waals surface area contributed by atoms with E-state index in [0.717, 1.165) is 10.8 Å². The van der Waals surface area contributed by atoms with Gasteiger partial charge in [-0.1, -0.05) is 30.3 Å². The minimum atomic E-state index is -0.904. The Hall–Kier alpha value is -2.36. The minimum absolute atomic E-state index is 0.0458. The molecule has 0 aliphatic heterocycles. The zero-order valence-electron chi connectivity index (χ0n) is 10.7. The molecule has 2 aromatic rings. The number of amides is 1. The van der Waals surface area contributed by atoms with Crippen molar-refractivity contribution in [3.63, 3.8) is 0 Å². The molecule has 0 aliphatic rings. The molecule has 0 spiro atoms. The summed E-state index contributed by atoms with van der Waals surface area (Å²) in [6.45, 7) is 0.209. The van der Waals surface area contributed by atoms with Crippen LogP contribution in [0.15, 0.2) is 42.5 Å². The van der Waals surface area contributed by atoms with E-state index in [9.17, 15) is 9.59 Å². The van der Waals surface area contributed by atoms with Crippen LogP contribution in [0.1, 0.15) is 16.8 Å². The molecule has 1 amide bonds. The minimum Gasteiger partial charge on any atom is -0.481 e. The standard InChI is InChI=1S/C15H15NO3/c1-16(9-8-14(17)18)15(19)13-7-6-11-4-2-3-5-12(11)10-13/h2-7,10H,8-9H2,1H3,(H,17,18). The Morgan fingerprint density at radius 3 is 2.47 bits per heavy atom. The zero-order chi connectivity index (χ0) is 13.8. The fourth-order valence-electron chi connectivity index (χ4n) is 1.91. The monoisotopic (exact) mass is 257 g/mol. The van der Waals surface area contributed by atoms with Crippen molar-refractivity contribution < 1.29 is 14.7 Å². The molecule has 0 saturated heterocycles. The van der Waals surface area contributed by atoms with E-state index in [2.05, 4.69) is 0 Å². The van der Waals surface area contributed by atoms with E-state index in [1.165, 1.54) is 4.90 Å². The summed E-state index contributed by atoms with van der Waals surface area (Å²) in [5, 5.41) is 10.7. The summed E-state index contributed by atoms with van der Waals surface area (Å²) in [4.78, 5) is 24.1. The number of carboxylic acids is 1. The summed E-state index contributed by atoms with van der Waals surface area (Å²) in [6.07, 6.45) is -0.0458. The third-order valence-corrected chi connectivity index (χ3v) is 3.00. The Morgan fingerprint density at radius 1 is 1.11 bits per heavy atom. The molecule has 1 N–H and O–H groups in total. The van der Waals surface area contributed by atoms with Crippen LogP contribution in [0.5, 0.6) is 0 Å². The van der Waals surface area contributed by atoms with Crippen LogP contribution in [0.25, 0.3) is 10.8 Å². The Labute approximate surface area is 111 Å².